The lowest BCUT2D eigenvalue weighted by molar-refractivity contribution is 0.0701. The molecule has 3 aromatic heterocycles. The molecule has 92 valence electrons. The Morgan fingerprint density at radius 2 is 2.17 bits per heavy atom. The fraction of sp³-hybridized carbons (Fsp3) is 0.167. The van der Waals surface area contributed by atoms with Crippen molar-refractivity contribution in [2.45, 2.75) is 13.8 Å². The second-order valence-electron chi connectivity index (χ2n) is 3.96. The van der Waals surface area contributed by atoms with Gasteiger partial charge in [0, 0.05) is 11.4 Å². The molecule has 0 radical (unpaired) electrons. The summed E-state index contributed by atoms with van der Waals surface area (Å²) in [6.45, 7) is 3.79. The predicted octanol–water partition coefficient (Wildman–Crippen LogP) is 3.44. The Morgan fingerprint density at radius 3 is 2.72 bits per heavy atom. The number of rotatable bonds is 2. The Labute approximate surface area is 111 Å². The first-order chi connectivity index (χ1) is 8.59. The number of hydrogen-bond acceptors (Lipinski definition) is 4. The van der Waals surface area contributed by atoms with Crippen molar-refractivity contribution in [1.29, 1.82) is 0 Å². The van der Waals surface area contributed by atoms with Crippen molar-refractivity contribution in [2.75, 3.05) is 0 Å². The highest BCUT2D eigenvalue weighted by Crippen LogP contribution is 2.32. The van der Waals surface area contributed by atoms with Crippen LogP contribution in [0.5, 0.6) is 0 Å². The van der Waals surface area contributed by atoms with E-state index in [0.717, 1.165) is 26.9 Å². The number of hydrogen-bond donors (Lipinski definition) is 1. The largest absolute Gasteiger partial charge is 0.477 e. The summed E-state index contributed by atoms with van der Waals surface area (Å²) < 4.78 is 1.92. The third-order valence-electron chi connectivity index (χ3n) is 2.88. The van der Waals surface area contributed by atoms with Crippen molar-refractivity contribution in [3.8, 4) is 10.6 Å². The maximum Gasteiger partial charge on any atom is 0.347 e. The Morgan fingerprint density at radius 1 is 1.39 bits per heavy atom. The molecule has 0 aliphatic heterocycles. The summed E-state index contributed by atoms with van der Waals surface area (Å²) >= 11 is 2.86. The van der Waals surface area contributed by atoms with Gasteiger partial charge in [0.05, 0.1) is 4.88 Å². The van der Waals surface area contributed by atoms with Crippen LogP contribution in [0.25, 0.3) is 15.5 Å². The molecule has 3 heterocycles. The molecule has 0 atom stereocenters. The highest BCUT2D eigenvalue weighted by Gasteiger charge is 2.20. The van der Waals surface area contributed by atoms with E-state index in [4.69, 9.17) is 5.11 Å². The van der Waals surface area contributed by atoms with E-state index < -0.39 is 5.97 Å². The molecule has 6 heteroatoms. The zero-order valence-electron chi connectivity index (χ0n) is 9.80. The second-order valence-corrected chi connectivity index (χ2v) is 5.89. The average molecular weight is 278 g/mol. The molecule has 0 saturated carbocycles. The van der Waals surface area contributed by atoms with Gasteiger partial charge in [0.2, 0.25) is 0 Å². The Hall–Kier alpha value is -1.66. The number of aromatic nitrogens is 2. The van der Waals surface area contributed by atoms with Gasteiger partial charge in [0.25, 0.3) is 0 Å². The number of aromatic carboxylic acids is 1. The lowest BCUT2D eigenvalue weighted by Crippen LogP contribution is -1.98. The number of thiazole rings is 1. The van der Waals surface area contributed by atoms with Gasteiger partial charge in [-0.25, -0.2) is 9.78 Å². The third-order valence-corrected chi connectivity index (χ3v) is 4.89. The minimum atomic E-state index is -0.889. The van der Waals surface area contributed by atoms with E-state index in [1.54, 1.807) is 11.3 Å². The van der Waals surface area contributed by atoms with E-state index in [1.807, 2.05) is 35.8 Å². The summed E-state index contributed by atoms with van der Waals surface area (Å²) in [7, 11) is 0. The van der Waals surface area contributed by atoms with Crippen LogP contribution in [0.2, 0.25) is 0 Å². The molecule has 3 rings (SSSR count). The van der Waals surface area contributed by atoms with Gasteiger partial charge in [-0.2, -0.15) is 0 Å². The van der Waals surface area contributed by atoms with Crippen LogP contribution in [-0.4, -0.2) is 20.5 Å². The molecule has 0 bridgehead atoms. The molecule has 0 aromatic carbocycles. The molecule has 0 saturated heterocycles. The maximum atomic E-state index is 11.1. The quantitative estimate of drug-likeness (QED) is 0.781. The van der Waals surface area contributed by atoms with E-state index in [-0.39, 0.29) is 0 Å². The van der Waals surface area contributed by atoms with Crippen molar-refractivity contribution in [2.24, 2.45) is 0 Å². The third kappa shape index (κ3) is 1.49. The van der Waals surface area contributed by atoms with Crippen LogP contribution in [0.4, 0.5) is 0 Å². The minimum Gasteiger partial charge on any atom is -0.477 e. The number of carboxylic acids is 1. The van der Waals surface area contributed by atoms with Gasteiger partial charge < -0.3 is 5.11 Å². The molecular formula is C12H10N2O2S2. The summed E-state index contributed by atoms with van der Waals surface area (Å²) in [6.07, 6.45) is 0. The Balaban J connectivity index is 2.29. The summed E-state index contributed by atoms with van der Waals surface area (Å²) in [5.41, 5.74) is 2.68. The molecule has 4 nitrogen and oxygen atoms in total. The van der Waals surface area contributed by atoms with Gasteiger partial charge >= 0.3 is 5.97 Å². The number of aryl methyl sites for hydroxylation is 2. The Kier molecular flexibility index (Phi) is 2.49. The summed E-state index contributed by atoms with van der Waals surface area (Å²) in [5.74, 6) is -0.889. The molecule has 0 spiro atoms. The van der Waals surface area contributed by atoms with Crippen LogP contribution in [0.1, 0.15) is 21.1 Å². The molecule has 0 aliphatic rings. The lowest BCUT2D eigenvalue weighted by Gasteiger charge is -1.98. The zero-order chi connectivity index (χ0) is 12.9. The van der Waals surface area contributed by atoms with E-state index in [2.05, 4.69) is 4.98 Å². The number of carbonyl (C=O) groups is 1. The number of carboxylic acid groups (broad SMARTS) is 1. The molecule has 18 heavy (non-hydrogen) atoms. The van der Waals surface area contributed by atoms with Gasteiger partial charge in [-0.05, 0) is 25.3 Å². The molecule has 0 amide bonds. The zero-order valence-corrected chi connectivity index (χ0v) is 11.4. The topological polar surface area (TPSA) is 54.6 Å². The smallest absolute Gasteiger partial charge is 0.347 e. The molecule has 0 fully saturated rings. The highest BCUT2D eigenvalue weighted by atomic mass is 32.1. The van der Waals surface area contributed by atoms with Crippen LogP contribution in [0.15, 0.2) is 17.5 Å². The standard InChI is InChI=1S/C12H10N2O2S2/c1-6-9(8-4-3-5-17-8)13-12-14(6)7(2)10(18-12)11(15)16/h3-5H,1-2H3,(H,15,16). The number of nitrogens with zero attached hydrogens (tertiary/aromatic N) is 2. The Bertz CT molecular complexity index is 738. The van der Waals surface area contributed by atoms with E-state index in [0.29, 0.717) is 4.88 Å². The van der Waals surface area contributed by atoms with E-state index in [1.165, 1.54) is 11.3 Å². The fourth-order valence-corrected chi connectivity index (χ4v) is 3.83. The summed E-state index contributed by atoms with van der Waals surface area (Å²) in [6, 6.07) is 4.01. The number of imidazole rings is 1. The average Bonchev–Trinajstić information content (AvgIpc) is 2.97. The maximum absolute atomic E-state index is 11.1. The lowest BCUT2D eigenvalue weighted by atomic mass is 10.3. The van der Waals surface area contributed by atoms with E-state index >= 15 is 0 Å². The molecular weight excluding hydrogens is 268 g/mol. The van der Waals surface area contributed by atoms with Crippen molar-refractivity contribution in [3.05, 3.63) is 33.8 Å². The van der Waals surface area contributed by atoms with Crippen LogP contribution in [-0.2, 0) is 0 Å². The number of thiophene rings is 1. The van der Waals surface area contributed by atoms with Crippen LogP contribution < -0.4 is 0 Å². The first-order valence-electron chi connectivity index (χ1n) is 5.35. The van der Waals surface area contributed by atoms with Crippen molar-refractivity contribution < 1.29 is 9.90 Å². The fourth-order valence-electron chi connectivity index (χ4n) is 2.05. The van der Waals surface area contributed by atoms with Crippen molar-refractivity contribution >= 4 is 33.6 Å². The minimum absolute atomic E-state index is 0.360. The highest BCUT2D eigenvalue weighted by molar-refractivity contribution is 7.19. The van der Waals surface area contributed by atoms with Crippen molar-refractivity contribution in [3.63, 3.8) is 0 Å². The van der Waals surface area contributed by atoms with Crippen LogP contribution in [0, 0.1) is 13.8 Å². The summed E-state index contributed by atoms with van der Waals surface area (Å²) in [5, 5.41) is 11.1. The molecule has 3 aromatic rings. The van der Waals surface area contributed by atoms with Crippen LogP contribution >= 0.6 is 22.7 Å². The monoisotopic (exact) mass is 278 g/mol. The predicted molar refractivity (Wildman–Crippen MR) is 72.8 cm³/mol. The van der Waals surface area contributed by atoms with Gasteiger partial charge in [-0.1, -0.05) is 17.4 Å². The second kappa shape index (κ2) is 3.93. The van der Waals surface area contributed by atoms with Gasteiger partial charge in [-0.15, -0.1) is 11.3 Å². The van der Waals surface area contributed by atoms with Gasteiger partial charge in [0.15, 0.2) is 4.96 Å². The van der Waals surface area contributed by atoms with Gasteiger partial charge in [-0.3, -0.25) is 4.40 Å². The molecule has 1 N–H and O–H groups in total. The summed E-state index contributed by atoms with van der Waals surface area (Å²) in [4.78, 5) is 17.8. The first-order valence-corrected chi connectivity index (χ1v) is 7.05. The molecule has 0 unspecified atom stereocenters. The van der Waals surface area contributed by atoms with Gasteiger partial charge in [0.1, 0.15) is 10.6 Å². The van der Waals surface area contributed by atoms with Crippen LogP contribution in [0.3, 0.4) is 0 Å². The molecule has 0 aliphatic carbocycles. The number of fused-ring (bicyclic) bond motifs is 1. The normalized spacial score (nSPS) is 11.2. The SMILES string of the molecule is Cc1c(-c2cccs2)nc2sc(C(=O)O)c(C)n12. The van der Waals surface area contributed by atoms with E-state index in [9.17, 15) is 4.79 Å². The van der Waals surface area contributed by atoms with Crippen molar-refractivity contribution in [1.82, 2.24) is 9.38 Å². The first kappa shape index (κ1) is 11.4.